The number of hydrogen-bond donors (Lipinski definition) is 1. The highest BCUT2D eigenvalue weighted by atomic mass is 16.6. The van der Waals surface area contributed by atoms with Crippen molar-refractivity contribution in [3.63, 3.8) is 0 Å². The molecule has 0 spiro atoms. The van der Waals surface area contributed by atoms with E-state index in [4.69, 9.17) is 4.74 Å². The van der Waals surface area contributed by atoms with Crippen LogP contribution in [-0.2, 0) is 14.3 Å². The summed E-state index contributed by atoms with van der Waals surface area (Å²) < 4.78 is 5.84. The highest BCUT2D eigenvalue weighted by Crippen LogP contribution is 2.49. The number of nitro groups is 1. The van der Waals surface area contributed by atoms with Crippen LogP contribution in [0.1, 0.15) is 70.3 Å². The van der Waals surface area contributed by atoms with Crippen molar-refractivity contribution in [2.75, 3.05) is 0 Å². The van der Waals surface area contributed by atoms with Crippen LogP contribution in [-0.4, -0.2) is 22.8 Å². The predicted octanol–water partition coefficient (Wildman–Crippen LogP) is 4.00. The summed E-state index contributed by atoms with van der Waals surface area (Å²) in [5.74, 6) is -3.05. The fraction of sp³-hybridized carbons (Fsp3) is 0.520. The van der Waals surface area contributed by atoms with E-state index in [0.29, 0.717) is 35.4 Å². The number of carbonyl (C=O) groups is 2. The van der Waals surface area contributed by atoms with Crippen molar-refractivity contribution in [3.05, 3.63) is 57.4 Å². The lowest BCUT2D eigenvalue weighted by Crippen LogP contribution is -2.44. The molecule has 1 N–H and O–H groups in total. The van der Waals surface area contributed by atoms with Crippen LogP contribution in [0.25, 0.3) is 0 Å². The number of Topliss-reactive ketones (excluding diaryl/α,β-unsaturated/α-hetero) is 1. The second-order valence-electron chi connectivity index (χ2n) is 10.1. The Hall–Kier alpha value is -3.16. The molecule has 8 heteroatoms. The highest BCUT2D eigenvalue weighted by molar-refractivity contribution is 6.01. The zero-order chi connectivity index (χ0) is 23.9. The van der Waals surface area contributed by atoms with Gasteiger partial charge in [-0.25, -0.2) is 0 Å². The second kappa shape index (κ2) is 8.65. The van der Waals surface area contributed by atoms with Crippen molar-refractivity contribution in [1.29, 1.82) is 0 Å². The number of ketones is 1. The summed E-state index contributed by atoms with van der Waals surface area (Å²) in [4.78, 5) is 37.4. The summed E-state index contributed by atoms with van der Waals surface area (Å²) in [5.41, 5.74) is 1.03. The first kappa shape index (κ1) is 23.0. The van der Waals surface area contributed by atoms with Gasteiger partial charge in [0.05, 0.1) is 4.92 Å². The summed E-state index contributed by atoms with van der Waals surface area (Å²) in [6.45, 7) is 8.06. The van der Waals surface area contributed by atoms with Gasteiger partial charge in [0.1, 0.15) is 12.0 Å². The van der Waals surface area contributed by atoms with Gasteiger partial charge in [-0.3, -0.25) is 19.7 Å². The first-order chi connectivity index (χ1) is 15.6. The molecule has 1 aromatic rings. The molecule has 1 aliphatic heterocycles. The topological polar surface area (TPSA) is 122 Å². The first-order valence-corrected chi connectivity index (χ1v) is 11.5. The molecule has 2 unspecified atom stereocenters. The van der Waals surface area contributed by atoms with Gasteiger partial charge in [-0.05, 0) is 48.8 Å². The molecule has 0 aromatic heterocycles. The van der Waals surface area contributed by atoms with Crippen molar-refractivity contribution >= 4 is 17.4 Å². The number of nitrogens with zero attached hydrogens (tertiary/aromatic N) is 1. The van der Waals surface area contributed by atoms with E-state index in [9.17, 15) is 24.8 Å². The molecular weight excluding hydrogens is 424 g/mol. The molecule has 2 aliphatic carbocycles. The fourth-order valence-electron chi connectivity index (χ4n) is 5.38. The third kappa shape index (κ3) is 4.51. The number of benzene rings is 1. The van der Waals surface area contributed by atoms with Crippen LogP contribution in [0.3, 0.4) is 0 Å². The number of hydrogen-bond acceptors (Lipinski definition) is 7. The molecule has 4 rings (SSSR count). The van der Waals surface area contributed by atoms with Crippen molar-refractivity contribution in [2.45, 2.75) is 70.8 Å². The van der Waals surface area contributed by atoms with Crippen LogP contribution in [0.4, 0.5) is 5.69 Å². The zero-order valence-corrected chi connectivity index (χ0v) is 19.0. The monoisotopic (exact) mass is 453 g/mol. The number of nitrogens with one attached hydrogen (secondary N) is 1. The number of carbonyl (C=O) groups excluding carboxylic acids is 2. The standard InChI is InChI=1S/C25H30N2O6/c1-14-21(24(30)33-16-7-5-4-6-8-16)22(15-9-10-19(28)18(11-15)27(31)32)23-17(26-14)12-25(2,3)13-20(23)29/h9-11,16,21-22,26,28H,1,4-8,12-13H2,2-3H3/p-1. The van der Waals surface area contributed by atoms with E-state index in [1.165, 1.54) is 12.1 Å². The summed E-state index contributed by atoms with van der Waals surface area (Å²) in [7, 11) is 0. The minimum atomic E-state index is -0.923. The van der Waals surface area contributed by atoms with Crippen molar-refractivity contribution in [1.82, 2.24) is 5.32 Å². The largest absolute Gasteiger partial charge is 0.868 e. The Bertz CT molecular complexity index is 1050. The molecule has 1 aromatic carbocycles. The van der Waals surface area contributed by atoms with Crippen molar-refractivity contribution in [3.8, 4) is 5.75 Å². The minimum Gasteiger partial charge on any atom is -0.868 e. The molecule has 0 amide bonds. The van der Waals surface area contributed by atoms with Crippen LogP contribution >= 0.6 is 0 Å². The van der Waals surface area contributed by atoms with Gasteiger partial charge >= 0.3 is 5.97 Å². The SMILES string of the molecule is C=C1NC2=C(C(=O)CC(C)(C)C2)C(c2ccc([O-])c([N+](=O)[O-])c2)C1C(=O)OC1CCCCC1. The van der Waals surface area contributed by atoms with Gasteiger partial charge in [0, 0.05) is 35.4 Å². The van der Waals surface area contributed by atoms with Gasteiger partial charge in [-0.2, -0.15) is 0 Å². The lowest BCUT2D eigenvalue weighted by atomic mass is 9.66. The van der Waals surface area contributed by atoms with Gasteiger partial charge < -0.3 is 15.2 Å². The molecule has 0 bridgehead atoms. The van der Waals surface area contributed by atoms with Crippen LogP contribution in [0.5, 0.6) is 5.75 Å². The van der Waals surface area contributed by atoms with Gasteiger partial charge in [0.15, 0.2) is 5.78 Å². The predicted molar refractivity (Wildman–Crippen MR) is 119 cm³/mol. The van der Waals surface area contributed by atoms with Gasteiger partial charge in [-0.15, -0.1) is 0 Å². The van der Waals surface area contributed by atoms with E-state index in [1.54, 1.807) is 0 Å². The number of ether oxygens (including phenoxy) is 1. The molecule has 1 fully saturated rings. The number of esters is 1. The van der Waals surface area contributed by atoms with Crippen molar-refractivity contribution in [2.24, 2.45) is 11.3 Å². The zero-order valence-electron chi connectivity index (χ0n) is 19.0. The molecule has 2 atom stereocenters. The summed E-state index contributed by atoms with van der Waals surface area (Å²) in [6, 6.07) is 3.78. The van der Waals surface area contributed by atoms with Gasteiger partial charge in [0.2, 0.25) is 0 Å². The van der Waals surface area contributed by atoms with Gasteiger partial charge in [-0.1, -0.05) is 39.0 Å². The molecule has 1 heterocycles. The Morgan fingerprint density at radius 2 is 1.91 bits per heavy atom. The molecule has 33 heavy (non-hydrogen) atoms. The maximum Gasteiger partial charge on any atom is 0.316 e. The highest BCUT2D eigenvalue weighted by Gasteiger charge is 2.47. The number of nitro benzene ring substituents is 1. The van der Waals surface area contributed by atoms with Gasteiger partial charge in [0.25, 0.3) is 5.69 Å². The summed E-state index contributed by atoms with van der Waals surface area (Å²) in [5, 5.41) is 26.7. The Morgan fingerprint density at radius 1 is 1.21 bits per heavy atom. The Morgan fingerprint density at radius 3 is 2.58 bits per heavy atom. The van der Waals surface area contributed by atoms with E-state index in [-0.39, 0.29) is 17.3 Å². The molecule has 8 nitrogen and oxygen atoms in total. The lowest BCUT2D eigenvalue weighted by molar-refractivity contribution is -0.398. The summed E-state index contributed by atoms with van der Waals surface area (Å²) in [6.07, 6.45) is 5.37. The average molecular weight is 454 g/mol. The van der Waals surface area contributed by atoms with E-state index in [0.717, 1.165) is 38.2 Å². The van der Waals surface area contributed by atoms with Crippen LogP contribution < -0.4 is 10.4 Å². The third-order valence-electron chi connectivity index (χ3n) is 6.88. The second-order valence-corrected chi connectivity index (χ2v) is 10.1. The molecule has 176 valence electrons. The van der Waals surface area contributed by atoms with E-state index < -0.39 is 34.2 Å². The minimum absolute atomic E-state index is 0.115. The Labute approximate surface area is 192 Å². The number of rotatable bonds is 4. The van der Waals surface area contributed by atoms with Crippen molar-refractivity contribution < 1.29 is 24.4 Å². The summed E-state index contributed by atoms with van der Waals surface area (Å²) >= 11 is 0. The van der Waals surface area contributed by atoms with Crippen LogP contribution in [0.15, 0.2) is 41.7 Å². The quantitative estimate of drug-likeness (QED) is 0.415. The van der Waals surface area contributed by atoms with E-state index in [2.05, 4.69) is 11.9 Å². The van der Waals surface area contributed by atoms with E-state index in [1.807, 2.05) is 13.8 Å². The average Bonchev–Trinajstić information content (AvgIpc) is 2.72. The Balaban J connectivity index is 1.80. The molecular formula is C25H29N2O6-. The van der Waals surface area contributed by atoms with Crippen LogP contribution in [0, 0.1) is 21.4 Å². The van der Waals surface area contributed by atoms with Crippen LogP contribution in [0.2, 0.25) is 0 Å². The maximum atomic E-state index is 13.4. The molecule has 0 radical (unpaired) electrons. The number of allylic oxidation sites excluding steroid dienone is 2. The third-order valence-corrected chi connectivity index (χ3v) is 6.88. The molecule has 0 saturated heterocycles. The maximum absolute atomic E-state index is 13.4. The smallest absolute Gasteiger partial charge is 0.316 e. The molecule has 1 saturated carbocycles. The lowest BCUT2D eigenvalue weighted by Gasteiger charge is -2.42. The fourth-order valence-corrected chi connectivity index (χ4v) is 5.38. The first-order valence-electron chi connectivity index (χ1n) is 11.5. The molecule has 3 aliphatic rings. The van der Waals surface area contributed by atoms with E-state index >= 15 is 0 Å². The normalized spacial score (nSPS) is 25.3. The Kier molecular flexibility index (Phi) is 6.03.